The minimum atomic E-state index is -1.05. The van der Waals surface area contributed by atoms with Gasteiger partial charge in [-0.25, -0.2) is 0 Å². The number of nitrogens with two attached hydrogens (primary N) is 1. The third kappa shape index (κ3) is 9.28. The van der Waals surface area contributed by atoms with E-state index < -0.39 is 12.1 Å². The monoisotopic (exact) mass is 719 g/mol. The molecule has 10 heteroatoms. The molecular formula is C42H42ClN3O6. The van der Waals surface area contributed by atoms with Gasteiger partial charge in [0.1, 0.15) is 36.5 Å². The molecular weight excluding hydrogens is 678 g/mol. The first kappa shape index (κ1) is 37.8. The fourth-order valence-corrected chi connectivity index (χ4v) is 6.49. The van der Waals surface area contributed by atoms with Crippen molar-refractivity contribution in [3.63, 3.8) is 0 Å². The molecule has 0 spiro atoms. The number of benzene rings is 4. The largest absolute Gasteiger partial charge is 0.496 e. The molecule has 1 heterocycles. The van der Waals surface area contributed by atoms with Crippen LogP contribution in [0.3, 0.4) is 0 Å². The Balaban J connectivity index is 1.39. The molecule has 0 aliphatic rings. The van der Waals surface area contributed by atoms with Crippen LogP contribution in [-0.4, -0.2) is 34.4 Å². The van der Waals surface area contributed by atoms with E-state index in [1.165, 1.54) is 6.20 Å². The van der Waals surface area contributed by atoms with Crippen LogP contribution in [0.4, 0.5) is 0 Å². The van der Waals surface area contributed by atoms with Crippen molar-refractivity contribution in [2.24, 2.45) is 5.73 Å². The van der Waals surface area contributed by atoms with Crippen molar-refractivity contribution in [2.45, 2.75) is 65.4 Å². The number of carboxylic acids is 1. The van der Waals surface area contributed by atoms with Gasteiger partial charge in [-0.1, -0.05) is 60.1 Å². The maximum absolute atomic E-state index is 11.0. The van der Waals surface area contributed by atoms with Crippen LogP contribution >= 0.6 is 11.6 Å². The second-order valence-electron chi connectivity index (χ2n) is 12.6. The number of methoxy groups -OCH3 is 1. The van der Waals surface area contributed by atoms with Gasteiger partial charge in [-0.05, 0) is 95.8 Å². The van der Waals surface area contributed by atoms with Crippen molar-refractivity contribution in [3.8, 4) is 45.6 Å². The lowest BCUT2D eigenvalue weighted by atomic mass is 9.89. The number of ether oxygens (including phenoxy) is 3. The van der Waals surface area contributed by atoms with Crippen molar-refractivity contribution in [1.29, 1.82) is 5.26 Å². The smallest absolute Gasteiger partial charge is 0.305 e. The number of aliphatic hydroxyl groups excluding tert-OH is 1. The molecule has 5 aromatic rings. The van der Waals surface area contributed by atoms with Crippen molar-refractivity contribution >= 4 is 17.6 Å². The molecule has 1 atom stereocenters. The van der Waals surface area contributed by atoms with E-state index in [2.05, 4.69) is 55.2 Å². The summed E-state index contributed by atoms with van der Waals surface area (Å²) in [5.41, 5.74) is 16.3. The standard InChI is InChI=1S/C42H42ClN3O6/c1-26-33(8-5-11-36(26)37-12-6-10-35(27(37)2)30-13-14-32(21-45)39(17-30)50-3)25-52-41-19-40(51-24-29-15-28(20-44)22-46-23-29)31(16-38(41)43)7-4-9-34(47)18-42(48)49/h5-6,8,10-17,19,22-23,34,47H,4,7,9,18,21,24-25,45H2,1-3H3,(H,48,49)/t34-/m1/s1. The molecule has 52 heavy (non-hydrogen) atoms. The van der Waals surface area contributed by atoms with Crippen LogP contribution in [0.25, 0.3) is 22.3 Å². The van der Waals surface area contributed by atoms with Gasteiger partial charge in [0.15, 0.2) is 0 Å². The third-order valence-electron chi connectivity index (χ3n) is 9.10. The van der Waals surface area contributed by atoms with E-state index in [1.807, 2.05) is 24.3 Å². The zero-order valence-corrected chi connectivity index (χ0v) is 30.2. The van der Waals surface area contributed by atoms with Crippen LogP contribution < -0.4 is 19.9 Å². The number of pyridine rings is 1. The molecule has 0 aliphatic carbocycles. The summed E-state index contributed by atoms with van der Waals surface area (Å²) in [7, 11) is 1.65. The van der Waals surface area contributed by atoms with E-state index in [1.54, 1.807) is 31.5 Å². The SMILES string of the molecule is COc1cc(-c2cccc(-c3cccc(COc4cc(OCc5cncc(C#N)c5)c(CCC[C@@H](O)CC(=O)O)cc4Cl)c3C)c2C)ccc1CN. The summed E-state index contributed by atoms with van der Waals surface area (Å²) in [5, 5.41) is 28.8. The number of hydrogen-bond acceptors (Lipinski definition) is 8. The Labute approximate surface area is 309 Å². The molecule has 0 fully saturated rings. The lowest BCUT2D eigenvalue weighted by Gasteiger charge is -2.18. The van der Waals surface area contributed by atoms with E-state index in [0.717, 1.165) is 61.4 Å². The molecule has 0 bridgehead atoms. The third-order valence-corrected chi connectivity index (χ3v) is 9.39. The highest BCUT2D eigenvalue weighted by Gasteiger charge is 2.17. The first-order valence-electron chi connectivity index (χ1n) is 17.0. The predicted molar refractivity (Wildman–Crippen MR) is 201 cm³/mol. The lowest BCUT2D eigenvalue weighted by Crippen LogP contribution is -2.13. The van der Waals surface area contributed by atoms with Gasteiger partial charge in [-0.2, -0.15) is 5.26 Å². The predicted octanol–water partition coefficient (Wildman–Crippen LogP) is 8.34. The molecule has 5 rings (SSSR count). The zero-order valence-electron chi connectivity index (χ0n) is 29.5. The molecule has 0 radical (unpaired) electrons. The number of nitriles is 1. The second kappa shape index (κ2) is 17.7. The summed E-state index contributed by atoms with van der Waals surface area (Å²) < 4.78 is 18.2. The quantitative estimate of drug-likeness (QED) is 0.0915. The minimum absolute atomic E-state index is 0.155. The summed E-state index contributed by atoms with van der Waals surface area (Å²) >= 11 is 6.77. The van der Waals surface area contributed by atoms with Gasteiger partial charge in [0.25, 0.3) is 0 Å². The Kier molecular flexibility index (Phi) is 12.9. The van der Waals surface area contributed by atoms with Gasteiger partial charge >= 0.3 is 5.97 Å². The van der Waals surface area contributed by atoms with E-state index in [-0.39, 0.29) is 19.6 Å². The number of aromatic nitrogens is 1. The second-order valence-corrected chi connectivity index (χ2v) is 13.0. The molecule has 4 N–H and O–H groups in total. The van der Waals surface area contributed by atoms with Crippen molar-refractivity contribution in [1.82, 2.24) is 4.98 Å². The summed E-state index contributed by atoms with van der Waals surface area (Å²) in [6.07, 6.45) is 3.18. The normalized spacial score (nSPS) is 11.5. The number of rotatable bonds is 16. The highest BCUT2D eigenvalue weighted by atomic mass is 35.5. The number of carbonyl (C=O) groups is 1. The van der Waals surface area contributed by atoms with Crippen LogP contribution in [-0.2, 0) is 31.0 Å². The molecule has 0 unspecified atom stereocenters. The summed E-state index contributed by atoms with van der Waals surface area (Å²) in [4.78, 5) is 15.1. The number of halogens is 1. The number of aliphatic hydroxyl groups is 1. The molecule has 268 valence electrons. The summed E-state index contributed by atoms with van der Waals surface area (Å²) in [6.45, 7) is 5.02. The molecule has 0 aliphatic heterocycles. The van der Waals surface area contributed by atoms with Gasteiger partial charge in [-0.15, -0.1) is 0 Å². The number of carboxylic acid groups (broad SMARTS) is 1. The Morgan fingerprint density at radius 1 is 0.885 bits per heavy atom. The molecule has 0 saturated heterocycles. The van der Waals surface area contributed by atoms with E-state index in [9.17, 15) is 15.2 Å². The first-order valence-corrected chi connectivity index (χ1v) is 17.4. The Morgan fingerprint density at radius 3 is 2.35 bits per heavy atom. The lowest BCUT2D eigenvalue weighted by molar-refractivity contribution is -0.139. The van der Waals surface area contributed by atoms with Gasteiger partial charge in [0, 0.05) is 36.1 Å². The highest BCUT2D eigenvalue weighted by molar-refractivity contribution is 6.32. The van der Waals surface area contributed by atoms with Crippen molar-refractivity contribution in [3.05, 3.63) is 129 Å². The maximum Gasteiger partial charge on any atom is 0.305 e. The van der Waals surface area contributed by atoms with Gasteiger partial charge in [-0.3, -0.25) is 9.78 Å². The fourth-order valence-electron chi connectivity index (χ4n) is 6.24. The molecule has 1 aromatic heterocycles. The zero-order chi connectivity index (χ0) is 37.2. The van der Waals surface area contributed by atoms with Crippen LogP contribution in [0, 0.1) is 25.2 Å². The van der Waals surface area contributed by atoms with Crippen LogP contribution in [0.1, 0.15) is 58.2 Å². The summed E-state index contributed by atoms with van der Waals surface area (Å²) in [5.74, 6) is 0.686. The van der Waals surface area contributed by atoms with E-state index >= 15 is 0 Å². The minimum Gasteiger partial charge on any atom is -0.496 e. The van der Waals surface area contributed by atoms with Crippen molar-refractivity contribution in [2.75, 3.05) is 7.11 Å². The van der Waals surface area contributed by atoms with E-state index in [4.69, 9.17) is 36.7 Å². The van der Waals surface area contributed by atoms with Gasteiger partial charge < -0.3 is 30.2 Å². The maximum atomic E-state index is 11.0. The number of hydrogen-bond donors (Lipinski definition) is 3. The number of aliphatic carboxylic acids is 1. The Hall–Kier alpha value is -5.40. The summed E-state index contributed by atoms with van der Waals surface area (Å²) in [6, 6.07) is 25.9. The van der Waals surface area contributed by atoms with Crippen LogP contribution in [0.15, 0.2) is 85.2 Å². The number of aryl methyl sites for hydroxylation is 1. The van der Waals surface area contributed by atoms with Crippen LogP contribution in [0.2, 0.25) is 5.02 Å². The topological polar surface area (TPSA) is 148 Å². The molecule has 0 amide bonds. The van der Waals surface area contributed by atoms with Crippen molar-refractivity contribution < 1.29 is 29.2 Å². The fraction of sp³-hybridized carbons (Fsp3) is 0.262. The highest BCUT2D eigenvalue weighted by Crippen LogP contribution is 2.38. The first-order chi connectivity index (χ1) is 25.1. The average Bonchev–Trinajstić information content (AvgIpc) is 3.14. The molecule has 9 nitrogen and oxygen atoms in total. The Bertz CT molecular complexity index is 2090. The van der Waals surface area contributed by atoms with E-state index in [0.29, 0.717) is 47.9 Å². The van der Waals surface area contributed by atoms with Crippen LogP contribution in [0.5, 0.6) is 17.2 Å². The number of nitrogens with zero attached hydrogens (tertiary/aromatic N) is 2. The Morgan fingerprint density at radius 2 is 1.62 bits per heavy atom. The van der Waals surface area contributed by atoms with Gasteiger partial charge in [0.2, 0.25) is 0 Å². The van der Waals surface area contributed by atoms with Gasteiger partial charge in [0.05, 0.1) is 30.2 Å². The average molecular weight is 720 g/mol. The molecule has 0 saturated carbocycles. The molecule has 4 aromatic carbocycles.